The molecule has 0 saturated carbocycles. The van der Waals surface area contributed by atoms with Crippen molar-refractivity contribution in [1.29, 1.82) is 0 Å². The van der Waals surface area contributed by atoms with E-state index in [0.29, 0.717) is 0 Å². The van der Waals surface area contributed by atoms with Crippen molar-refractivity contribution in [2.24, 2.45) is 0 Å². The van der Waals surface area contributed by atoms with Crippen LogP contribution in [0.15, 0.2) is 46.2 Å². The van der Waals surface area contributed by atoms with Crippen LogP contribution < -0.4 is 4.74 Å². The standard InChI is InChI=1S/C33H52N2OS2/c1-5-17-34(18-6-2)21-9-11-23-37-30-13-15-32-28(26-30)25-29-27-31(14-16-33(29)36-32)38-24-12-10-22-35(19-7-3)20-8-4/h13-16,26-27H,5-12,17-25H2,1-4H3. The van der Waals surface area contributed by atoms with Crippen LogP contribution in [-0.4, -0.2) is 60.6 Å². The largest absolute Gasteiger partial charge is 0.457 e. The Labute approximate surface area is 242 Å². The van der Waals surface area contributed by atoms with E-state index < -0.39 is 0 Å². The summed E-state index contributed by atoms with van der Waals surface area (Å²) in [6.07, 6.45) is 11.1. The van der Waals surface area contributed by atoms with Crippen LogP contribution in [0.1, 0.15) is 90.2 Å². The maximum Gasteiger partial charge on any atom is 0.131 e. The summed E-state index contributed by atoms with van der Waals surface area (Å²) in [5.41, 5.74) is 2.65. The van der Waals surface area contributed by atoms with Crippen LogP contribution in [0.4, 0.5) is 0 Å². The lowest BCUT2D eigenvalue weighted by molar-refractivity contribution is 0.271. The molecule has 1 aliphatic rings. The predicted octanol–water partition coefficient (Wildman–Crippen LogP) is 9.37. The normalized spacial score (nSPS) is 12.6. The molecule has 3 rings (SSSR count). The summed E-state index contributed by atoms with van der Waals surface area (Å²) < 4.78 is 6.29. The van der Waals surface area contributed by atoms with Gasteiger partial charge < -0.3 is 14.5 Å². The lowest BCUT2D eigenvalue weighted by Gasteiger charge is -2.22. The Balaban J connectivity index is 1.42. The SMILES string of the molecule is CCCN(CCC)CCCCSc1ccc2c(c1)Cc1cc(SCCCCN(CCC)CCC)ccc1O2. The Hall–Kier alpha value is -1.14. The molecule has 0 amide bonds. The van der Waals surface area contributed by atoms with Crippen LogP contribution in [0.25, 0.3) is 0 Å². The number of hydrogen-bond donors (Lipinski definition) is 0. The van der Waals surface area contributed by atoms with Crippen molar-refractivity contribution in [3.63, 3.8) is 0 Å². The zero-order valence-corrected chi connectivity index (χ0v) is 26.2. The van der Waals surface area contributed by atoms with Gasteiger partial charge in [0.2, 0.25) is 0 Å². The lowest BCUT2D eigenvalue weighted by atomic mass is 10.0. The highest BCUT2D eigenvalue weighted by molar-refractivity contribution is 7.99. The molecule has 0 aromatic heterocycles. The number of unbranched alkanes of at least 4 members (excludes halogenated alkanes) is 2. The van der Waals surface area contributed by atoms with Gasteiger partial charge in [-0.05, 0) is 139 Å². The van der Waals surface area contributed by atoms with Gasteiger partial charge in [-0.1, -0.05) is 27.7 Å². The van der Waals surface area contributed by atoms with Crippen LogP contribution in [0.2, 0.25) is 0 Å². The molecule has 1 heterocycles. The van der Waals surface area contributed by atoms with Crippen molar-refractivity contribution in [2.75, 3.05) is 50.8 Å². The molecule has 0 fully saturated rings. The topological polar surface area (TPSA) is 15.7 Å². The van der Waals surface area contributed by atoms with Gasteiger partial charge in [0.25, 0.3) is 0 Å². The highest BCUT2D eigenvalue weighted by Gasteiger charge is 2.18. The third-order valence-corrected chi connectivity index (χ3v) is 9.26. The zero-order valence-electron chi connectivity index (χ0n) is 24.6. The van der Waals surface area contributed by atoms with Gasteiger partial charge in [0, 0.05) is 27.3 Å². The fraction of sp³-hybridized carbons (Fsp3) is 0.636. The van der Waals surface area contributed by atoms with Gasteiger partial charge in [-0.3, -0.25) is 0 Å². The van der Waals surface area contributed by atoms with Gasteiger partial charge in [0.15, 0.2) is 0 Å². The Bertz CT molecular complexity index is 850. The van der Waals surface area contributed by atoms with Crippen molar-refractivity contribution in [1.82, 2.24) is 9.80 Å². The van der Waals surface area contributed by atoms with Crippen molar-refractivity contribution >= 4 is 23.5 Å². The number of rotatable bonds is 20. The minimum atomic E-state index is 0.972. The quantitative estimate of drug-likeness (QED) is 0.101. The molecular formula is C33H52N2OS2. The highest BCUT2D eigenvalue weighted by Crippen LogP contribution is 2.40. The molecule has 2 aromatic rings. The Morgan fingerprint density at radius 1 is 0.579 bits per heavy atom. The molecule has 0 spiro atoms. The van der Waals surface area contributed by atoms with E-state index in [1.807, 2.05) is 23.5 Å². The summed E-state index contributed by atoms with van der Waals surface area (Å²) >= 11 is 4.00. The summed E-state index contributed by atoms with van der Waals surface area (Å²) in [6, 6.07) is 13.5. The molecule has 0 radical (unpaired) electrons. The summed E-state index contributed by atoms with van der Waals surface area (Å²) in [6.45, 7) is 16.6. The third-order valence-electron chi connectivity index (χ3n) is 7.10. The van der Waals surface area contributed by atoms with Crippen LogP contribution in [0.5, 0.6) is 11.5 Å². The molecule has 1 aliphatic heterocycles. The molecule has 0 unspecified atom stereocenters. The van der Waals surface area contributed by atoms with E-state index in [4.69, 9.17) is 4.74 Å². The summed E-state index contributed by atoms with van der Waals surface area (Å²) in [4.78, 5) is 8.00. The zero-order chi connectivity index (χ0) is 27.0. The first-order valence-electron chi connectivity index (χ1n) is 15.3. The van der Waals surface area contributed by atoms with Crippen LogP contribution >= 0.6 is 23.5 Å². The number of benzene rings is 2. The van der Waals surface area contributed by atoms with Crippen LogP contribution in [0.3, 0.4) is 0 Å². The molecule has 5 heteroatoms. The van der Waals surface area contributed by atoms with Gasteiger partial charge in [0.1, 0.15) is 11.5 Å². The minimum absolute atomic E-state index is 0.972. The summed E-state index contributed by atoms with van der Waals surface area (Å²) in [5.74, 6) is 4.44. The lowest BCUT2D eigenvalue weighted by Crippen LogP contribution is -2.26. The van der Waals surface area contributed by atoms with Crippen LogP contribution in [0, 0.1) is 0 Å². The molecule has 38 heavy (non-hydrogen) atoms. The van der Waals surface area contributed by atoms with Gasteiger partial charge in [-0.15, -0.1) is 23.5 Å². The number of fused-ring (bicyclic) bond motifs is 2. The average molecular weight is 557 g/mol. The molecule has 0 saturated heterocycles. The van der Waals surface area contributed by atoms with E-state index >= 15 is 0 Å². The second kappa shape index (κ2) is 18.3. The average Bonchev–Trinajstić information content (AvgIpc) is 2.92. The second-order valence-corrected chi connectivity index (χ2v) is 12.9. The molecular weight excluding hydrogens is 505 g/mol. The maximum absolute atomic E-state index is 6.29. The monoisotopic (exact) mass is 556 g/mol. The molecule has 0 aliphatic carbocycles. The molecule has 0 N–H and O–H groups in total. The van der Waals surface area contributed by atoms with E-state index in [9.17, 15) is 0 Å². The maximum atomic E-state index is 6.29. The van der Waals surface area contributed by atoms with Crippen molar-refractivity contribution in [3.05, 3.63) is 47.5 Å². The first-order chi connectivity index (χ1) is 18.7. The third kappa shape index (κ3) is 10.8. The van der Waals surface area contributed by atoms with E-state index in [0.717, 1.165) is 17.9 Å². The molecule has 3 nitrogen and oxygen atoms in total. The highest BCUT2D eigenvalue weighted by atomic mass is 32.2. The Morgan fingerprint density at radius 2 is 1.00 bits per heavy atom. The van der Waals surface area contributed by atoms with E-state index in [-0.39, 0.29) is 0 Å². The van der Waals surface area contributed by atoms with E-state index in [2.05, 4.69) is 73.9 Å². The first-order valence-corrected chi connectivity index (χ1v) is 17.3. The fourth-order valence-corrected chi connectivity index (χ4v) is 7.23. The Morgan fingerprint density at radius 3 is 1.39 bits per heavy atom. The van der Waals surface area contributed by atoms with Crippen molar-refractivity contribution in [3.8, 4) is 11.5 Å². The van der Waals surface area contributed by atoms with E-state index in [1.165, 1.54) is 123 Å². The number of ether oxygens (including phenoxy) is 1. The minimum Gasteiger partial charge on any atom is -0.457 e. The summed E-state index contributed by atoms with van der Waals surface area (Å²) in [7, 11) is 0. The molecule has 0 atom stereocenters. The van der Waals surface area contributed by atoms with Gasteiger partial charge in [-0.25, -0.2) is 0 Å². The van der Waals surface area contributed by atoms with Crippen molar-refractivity contribution < 1.29 is 4.74 Å². The number of thioether (sulfide) groups is 2. The molecule has 212 valence electrons. The van der Waals surface area contributed by atoms with Gasteiger partial charge in [-0.2, -0.15) is 0 Å². The van der Waals surface area contributed by atoms with Crippen LogP contribution in [-0.2, 0) is 6.42 Å². The van der Waals surface area contributed by atoms with Gasteiger partial charge >= 0.3 is 0 Å². The smallest absolute Gasteiger partial charge is 0.131 e. The number of nitrogens with zero attached hydrogens (tertiary/aromatic N) is 2. The Kier molecular flexibility index (Phi) is 15.1. The van der Waals surface area contributed by atoms with E-state index in [1.54, 1.807) is 0 Å². The second-order valence-electron chi connectivity index (χ2n) is 10.6. The summed E-state index contributed by atoms with van der Waals surface area (Å²) in [5, 5.41) is 0. The molecule has 0 bridgehead atoms. The number of hydrogen-bond acceptors (Lipinski definition) is 5. The predicted molar refractivity (Wildman–Crippen MR) is 170 cm³/mol. The van der Waals surface area contributed by atoms with Gasteiger partial charge in [0.05, 0.1) is 0 Å². The molecule has 2 aromatic carbocycles. The van der Waals surface area contributed by atoms with Crippen molar-refractivity contribution in [2.45, 2.75) is 95.3 Å². The first kappa shape index (κ1) is 31.4. The fourth-order valence-electron chi connectivity index (χ4n) is 5.28.